The third-order valence-corrected chi connectivity index (χ3v) is 6.15. The average Bonchev–Trinajstić information content (AvgIpc) is 2.97. The number of hydrogen-bond donors (Lipinski definition) is 1. The molecule has 1 aliphatic carbocycles. The lowest BCUT2D eigenvalue weighted by atomic mass is 9.75. The van der Waals surface area contributed by atoms with Gasteiger partial charge < -0.3 is 19.5 Å². The van der Waals surface area contributed by atoms with Crippen LogP contribution in [0.2, 0.25) is 0 Å². The van der Waals surface area contributed by atoms with E-state index in [0.717, 1.165) is 12.1 Å². The lowest BCUT2D eigenvalue weighted by molar-refractivity contribution is -0.137. The molecule has 1 saturated carbocycles. The number of amides is 1. The summed E-state index contributed by atoms with van der Waals surface area (Å²) in [5.41, 5.74) is -1.08. The van der Waals surface area contributed by atoms with Gasteiger partial charge in [0.25, 0.3) is 0 Å². The Balaban J connectivity index is 1.74. The summed E-state index contributed by atoms with van der Waals surface area (Å²) in [6, 6.07) is 3.17. The minimum absolute atomic E-state index is 0.0348. The zero-order valence-electron chi connectivity index (χ0n) is 15.8. The van der Waals surface area contributed by atoms with Crippen molar-refractivity contribution in [3.63, 3.8) is 0 Å². The van der Waals surface area contributed by atoms with Gasteiger partial charge in [-0.2, -0.15) is 13.2 Å². The second-order valence-electron chi connectivity index (χ2n) is 8.34. The van der Waals surface area contributed by atoms with Crippen LogP contribution in [-0.2, 0) is 6.18 Å². The summed E-state index contributed by atoms with van der Waals surface area (Å²) in [4.78, 5) is 12.7. The van der Waals surface area contributed by atoms with Gasteiger partial charge in [0.15, 0.2) is 11.5 Å². The van der Waals surface area contributed by atoms with Gasteiger partial charge in [-0.15, -0.1) is 0 Å². The number of halogens is 3. The van der Waals surface area contributed by atoms with E-state index in [0.29, 0.717) is 19.7 Å². The molecule has 1 saturated heterocycles. The monoisotopic (exact) mass is 387 g/mol. The Bertz CT molecular complexity index is 743. The molecule has 5 nitrogen and oxygen atoms in total. The molecule has 0 unspecified atom stereocenters. The maximum atomic E-state index is 12.9. The highest BCUT2D eigenvalue weighted by molar-refractivity contribution is 5.66. The average molecular weight is 387 g/mol. The van der Waals surface area contributed by atoms with E-state index in [1.807, 2.05) is 0 Å². The predicted molar refractivity (Wildman–Crippen MR) is 92.0 cm³/mol. The summed E-state index contributed by atoms with van der Waals surface area (Å²) in [6.07, 6.45) is -5.37. The SMILES string of the molecule is COc1cc(C(F)(F)F)ccc1OC[C@@H]1[C@@H]2CN(C(=O)O)C[C@@]12C(C)(C)C. The van der Waals surface area contributed by atoms with Crippen molar-refractivity contribution in [1.82, 2.24) is 4.90 Å². The number of methoxy groups -OCH3 is 1. The van der Waals surface area contributed by atoms with Crippen LogP contribution in [0.5, 0.6) is 11.5 Å². The number of fused-ring (bicyclic) bond motifs is 1. The third-order valence-electron chi connectivity index (χ3n) is 6.15. The smallest absolute Gasteiger partial charge is 0.416 e. The molecule has 3 atom stereocenters. The van der Waals surface area contributed by atoms with Crippen LogP contribution in [0.1, 0.15) is 26.3 Å². The highest BCUT2D eigenvalue weighted by Crippen LogP contribution is 2.71. The quantitative estimate of drug-likeness (QED) is 0.834. The van der Waals surface area contributed by atoms with Gasteiger partial charge >= 0.3 is 12.3 Å². The lowest BCUT2D eigenvalue weighted by Gasteiger charge is -2.32. The lowest BCUT2D eigenvalue weighted by Crippen LogP contribution is -2.37. The molecule has 150 valence electrons. The van der Waals surface area contributed by atoms with Crippen molar-refractivity contribution in [2.45, 2.75) is 26.9 Å². The molecule has 1 heterocycles. The van der Waals surface area contributed by atoms with Crippen LogP contribution in [0, 0.1) is 22.7 Å². The molecule has 0 aromatic heterocycles. The van der Waals surface area contributed by atoms with Crippen molar-refractivity contribution in [1.29, 1.82) is 0 Å². The van der Waals surface area contributed by atoms with Crippen LogP contribution in [-0.4, -0.2) is 42.9 Å². The summed E-state index contributed by atoms with van der Waals surface area (Å²) < 4.78 is 49.4. The number of nitrogens with zero attached hydrogens (tertiary/aromatic N) is 1. The maximum absolute atomic E-state index is 12.9. The zero-order valence-corrected chi connectivity index (χ0v) is 15.8. The second-order valence-corrected chi connectivity index (χ2v) is 8.34. The molecular weight excluding hydrogens is 363 g/mol. The minimum atomic E-state index is -4.45. The fraction of sp³-hybridized carbons (Fsp3) is 0.632. The van der Waals surface area contributed by atoms with Crippen molar-refractivity contribution < 1.29 is 32.5 Å². The normalized spacial score (nSPS) is 27.3. The summed E-state index contributed by atoms with van der Waals surface area (Å²) in [6.45, 7) is 7.49. The summed E-state index contributed by atoms with van der Waals surface area (Å²) >= 11 is 0. The van der Waals surface area contributed by atoms with Crippen LogP contribution >= 0.6 is 0 Å². The molecule has 0 spiro atoms. The number of rotatable bonds is 4. The van der Waals surface area contributed by atoms with E-state index >= 15 is 0 Å². The van der Waals surface area contributed by atoms with Crippen molar-refractivity contribution >= 4 is 6.09 Å². The molecule has 0 radical (unpaired) electrons. The molecule has 1 aromatic rings. The summed E-state index contributed by atoms with van der Waals surface area (Å²) in [5.74, 6) is 0.636. The van der Waals surface area contributed by atoms with E-state index in [4.69, 9.17) is 9.47 Å². The van der Waals surface area contributed by atoms with Crippen LogP contribution in [0.15, 0.2) is 18.2 Å². The number of carboxylic acid groups (broad SMARTS) is 1. The Morgan fingerprint density at radius 2 is 1.96 bits per heavy atom. The first kappa shape index (κ1) is 19.6. The maximum Gasteiger partial charge on any atom is 0.416 e. The highest BCUT2D eigenvalue weighted by atomic mass is 19.4. The van der Waals surface area contributed by atoms with Crippen LogP contribution in [0.3, 0.4) is 0 Å². The fourth-order valence-electron chi connectivity index (χ4n) is 4.65. The van der Waals surface area contributed by atoms with Gasteiger partial charge in [-0.3, -0.25) is 0 Å². The van der Waals surface area contributed by atoms with Gasteiger partial charge in [0.1, 0.15) is 0 Å². The van der Waals surface area contributed by atoms with Crippen molar-refractivity contribution in [3.05, 3.63) is 23.8 Å². The third kappa shape index (κ3) is 3.19. The summed E-state index contributed by atoms with van der Waals surface area (Å²) in [7, 11) is 1.30. The molecule has 1 aliphatic heterocycles. The van der Waals surface area contributed by atoms with Crippen molar-refractivity contribution in [3.8, 4) is 11.5 Å². The minimum Gasteiger partial charge on any atom is -0.493 e. The first-order chi connectivity index (χ1) is 12.4. The van der Waals surface area contributed by atoms with E-state index in [9.17, 15) is 23.1 Å². The van der Waals surface area contributed by atoms with Crippen molar-refractivity contribution in [2.75, 3.05) is 26.8 Å². The van der Waals surface area contributed by atoms with E-state index < -0.39 is 17.8 Å². The van der Waals surface area contributed by atoms with Gasteiger partial charge in [-0.25, -0.2) is 4.79 Å². The Kier molecular flexibility index (Phi) is 4.51. The van der Waals surface area contributed by atoms with Gasteiger partial charge in [0.2, 0.25) is 0 Å². The van der Waals surface area contributed by atoms with E-state index in [1.54, 1.807) is 0 Å². The standard InChI is InChI=1S/C19H24F3NO4/c1-17(2,3)18-10-23(16(24)25)8-12(18)13(18)9-27-14-6-5-11(19(20,21)22)7-15(14)26-4/h5-7,12-13H,8-10H2,1-4H3,(H,24,25)/t12-,13+,18-/m0/s1. The Morgan fingerprint density at radius 3 is 2.44 bits per heavy atom. The number of ether oxygens (including phenoxy) is 2. The molecule has 1 amide bonds. The topological polar surface area (TPSA) is 59.0 Å². The van der Waals surface area contributed by atoms with Crippen LogP contribution in [0.4, 0.5) is 18.0 Å². The number of benzene rings is 1. The highest BCUT2D eigenvalue weighted by Gasteiger charge is 2.74. The first-order valence-electron chi connectivity index (χ1n) is 8.77. The molecule has 27 heavy (non-hydrogen) atoms. The Morgan fingerprint density at radius 1 is 1.30 bits per heavy atom. The Labute approximate surface area is 156 Å². The molecule has 8 heteroatoms. The fourth-order valence-corrected chi connectivity index (χ4v) is 4.65. The van der Waals surface area contributed by atoms with E-state index in [2.05, 4.69) is 20.8 Å². The summed E-state index contributed by atoms with van der Waals surface area (Å²) in [5, 5.41) is 9.27. The number of alkyl halides is 3. The number of piperidine rings is 1. The van der Waals surface area contributed by atoms with Gasteiger partial charge in [0.05, 0.1) is 19.3 Å². The van der Waals surface area contributed by atoms with Crippen LogP contribution in [0.25, 0.3) is 0 Å². The van der Waals surface area contributed by atoms with Gasteiger partial charge in [-0.05, 0) is 29.5 Å². The number of likely N-dealkylation sites (tertiary alicyclic amines) is 1. The van der Waals surface area contributed by atoms with Crippen LogP contribution < -0.4 is 9.47 Å². The van der Waals surface area contributed by atoms with Gasteiger partial charge in [0, 0.05) is 24.4 Å². The zero-order chi connectivity index (χ0) is 20.2. The first-order valence-corrected chi connectivity index (χ1v) is 8.77. The molecule has 1 aromatic carbocycles. The molecule has 3 rings (SSSR count). The molecule has 0 bridgehead atoms. The molecule has 2 aliphatic rings. The molecule has 2 fully saturated rings. The molecule has 1 N–H and O–H groups in total. The largest absolute Gasteiger partial charge is 0.493 e. The van der Waals surface area contributed by atoms with Gasteiger partial charge in [-0.1, -0.05) is 20.8 Å². The Hall–Kier alpha value is -2.12. The second kappa shape index (κ2) is 6.21. The number of hydrogen-bond acceptors (Lipinski definition) is 3. The number of carbonyl (C=O) groups is 1. The predicted octanol–water partition coefficient (Wildman–Crippen LogP) is 4.36. The van der Waals surface area contributed by atoms with Crippen molar-refractivity contribution in [2.24, 2.45) is 22.7 Å². The van der Waals surface area contributed by atoms with E-state index in [-0.39, 0.29) is 34.2 Å². The van der Waals surface area contributed by atoms with E-state index in [1.165, 1.54) is 18.1 Å². The molecular formula is C19H24F3NO4.